The van der Waals surface area contributed by atoms with E-state index < -0.39 is 0 Å². The Morgan fingerprint density at radius 1 is 1.32 bits per heavy atom. The van der Waals surface area contributed by atoms with E-state index in [1.165, 1.54) is 5.57 Å². The molecule has 0 radical (unpaired) electrons. The third kappa shape index (κ3) is 3.58. The average molecular weight is 259 g/mol. The van der Waals surface area contributed by atoms with Crippen LogP contribution in [0.1, 0.15) is 6.92 Å². The van der Waals surface area contributed by atoms with Crippen molar-refractivity contribution in [2.75, 3.05) is 38.1 Å². The Bertz CT molecular complexity index is 462. The lowest BCUT2D eigenvalue weighted by Gasteiger charge is -2.22. The number of hydrogen-bond acceptors (Lipinski definition) is 3. The zero-order valence-corrected chi connectivity index (χ0v) is 11.6. The van der Waals surface area contributed by atoms with Gasteiger partial charge in [0.25, 0.3) is 0 Å². The van der Waals surface area contributed by atoms with Crippen molar-refractivity contribution >= 4 is 11.6 Å². The molecule has 1 fully saturated rings. The maximum atomic E-state index is 11.9. The van der Waals surface area contributed by atoms with E-state index >= 15 is 0 Å². The minimum Gasteiger partial charge on any atom is -0.373 e. The Hall–Kier alpha value is -1.81. The normalized spacial score (nSPS) is 13.7. The number of anilines is 1. The summed E-state index contributed by atoms with van der Waals surface area (Å²) < 4.78 is 0. The molecule has 1 aromatic rings. The fourth-order valence-corrected chi connectivity index (χ4v) is 1.96. The van der Waals surface area contributed by atoms with Crippen molar-refractivity contribution in [2.24, 2.45) is 0 Å². The Labute approximate surface area is 114 Å². The van der Waals surface area contributed by atoms with Crippen LogP contribution in [-0.4, -0.2) is 39.1 Å². The maximum absolute atomic E-state index is 11.9. The molecule has 4 nitrogen and oxygen atoms in total. The van der Waals surface area contributed by atoms with E-state index in [1.54, 1.807) is 0 Å². The minimum absolute atomic E-state index is 0.0537. The minimum atomic E-state index is 0.0537. The van der Waals surface area contributed by atoms with E-state index in [0.717, 1.165) is 30.9 Å². The molecule has 2 N–H and O–H groups in total. The van der Waals surface area contributed by atoms with Crippen LogP contribution < -0.4 is 15.5 Å². The van der Waals surface area contributed by atoms with Crippen LogP contribution in [0, 0.1) is 0 Å². The summed E-state index contributed by atoms with van der Waals surface area (Å²) in [5.74, 6) is 0.0537. The second kappa shape index (κ2) is 6.38. The second-order valence-corrected chi connectivity index (χ2v) is 4.85. The molecule has 0 saturated carbocycles. The van der Waals surface area contributed by atoms with Crippen LogP contribution in [0.4, 0.5) is 5.69 Å². The Morgan fingerprint density at radius 3 is 2.58 bits per heavy atom. The molecule has 2 rings (SSSR count). The van der Waals surface area contributed by atoms with Crippen molar-refractivity contribution in [2.45, 2.75) is 6.92 Å². The molecule has 4 heteroatoms. The lowest BCUT2D eigenvalue weighted by molar-refractivity contribution is -0.117. The predicted molar refractivity (Wildman–Crippen MR) is 78.3 cm³/mol. The van der Waals surface area contributed by atoms with E-state index in [1.807, 2.05) is 32.2 Å². The van der Waals surface area contributed by atoms with Crippen molar-refractivity contribution in [3.63, 3.8) is 0 Å². The molecular formula is C15H21N3O. The van der Waals surface area contributed by atoms with E-state index in [-0.39, 0.29) is 5.91 Å². The van der Waals surface area contributed by atoms with Crippen LogP contribution in [0.15, 0.2) is 41.5 Å². The number of hydrogen-bond donors (Lipinski definition) is 2. The number of nitrogens with zero attached hydrogens (tertiary/aromatic N) is 1. The van der Waals surface area contributed by atoms with Crippen molar-refractivity contribution in [3.05, 3.63) is 41.5 Å². The standard InChI is InChI=1S/C15H21N3O/c1-12(13-10-16-11-13)15(19)17-8-9-18(2)14-6-4-3-5-7-14/h3-7,16H,8-11H2,1-2H3,(H,17,19). The van der Waals surface area contributed by atoms with Gasteiger partial charge in [-0.25, -0.2) is 0 Å². The van der Waals surface area contributed by atoms with Crippen molar-refractivity contribution < 1.29 is 4.79 Å². The summed E-state index contributed by atoms with van der Waals surface area (Å²) >= 11 is 0. The third-order valence-corrected chi connectivity index (χ3v) is 3.48. The molecule has 0 unspecified atom stereocenters. The summed E-state index contributed by atoms with van der Waals surface area (Å²) in [5.41, 5.74) is 3.24. The van der Waals surface area contributed by atoms with E-state index in [4.69, 9.17) is 0 Å². The summed E-state index contributed by atoms with van der Waals surface area (Å²) in [6.07, 6.45) is 0. The molecule has 1 aromatic carbocycles. The van der Waals surface area contributed by atoms with Crippen LogP contribution in [-0.2, 0) is 4.79 Å². The third-order valence-electron chi connectivity index (χ3n) is 3.48. The van der Waals surface area contributed by atoms with Gasteiger partial charge in [-0.3, -0.25) is 4.79 Å². The number of para-hydroxylation sites is 1. The van der Waals surface area contributed by atoms with Gasteiger partial charge >= 0.3 is 0 Å². The van der Waals surface area contributed by atoms with Gasteiger partial charge in [-0.15, -0.1) is 0 Å². The largest absolute Gasteiger partial charge is 0.373 e. The molecule has 102 valence electrons. The fourth-order valence-electron chi connectivity index (χ4n) is 1.96. The molecule has 1 heterocycles. The molecule has 0 aliphatic carbocycles. The average Bonchev–Trinajstić information content (AvgIpc) is 2.37. The van der Waals surface area contributed by atoms with Gasteiger partial charge in [-0.1, -0.05) is 18.2 Å². The lowest BCUT2D eigenvalue weighted by Crippen LogP contribution is -2.39. The van der Waals surface area contributed by atoms with Crippen LogP contribution in [0.2, 0.25) is 0 Å². The Kier molecular flexibility index (Phi) is 4.58. The van der Waals surface area contributed by atoms with Gasteiger partial charge in [0.15, 0.2) is 0 Å². The van der Waals surface area contributed by atoms with E-state index in [2.05, 4.69) is 27.7 Å². The quantitative estimate of drug-likeness (QED) is 0.780. The Morgan fingerprint density at radius 2 is 2.00 bits per heavy atom. The monoisotopic (exact) mass is 259 g/mol. The number of rotatable bonds is 5. The topological polar surface area (TPSA) is 44.4 Å². The molecule has 1 saturated heterocycles. The number of likely N-dealkylation sites (N-methyl/N-ethyl adjacent to an activating group) is 1. The molecule has 1 amide bonds. The van der Waals surface area contributed by atoms with E-state index in [0.29, 0.717) is 6.54 Å². The maximum Gasteiger partial charge on any atom is 0.247 e. The highest BCUT2D eigenvalue weighted by Gasteiger charge is 2.15. The zero-order valence-electron chi connectivity index (χ0n) is 11.6. The van der Waals surface area contributed by atoms with Gasteiger partial charge in [0, 0.05) is 44.5 Å². The number of nitrogens with one attached hydrogen (secondary N) is 2. The first-order valence-electron chi connectivity index (χ1n) is 6.62. The van der Waals surface area contributed by atoms with Gasteiger partial charge < -0.3 is 15.5 Å². The fraction of sp³-hybridized carbons (Fsp3) is 0.400. The molecule has 0 aromatic heterocycles. The highest BCUT2D eigenvalue weighted by atomic mass is 16.1. The zero-order chi connectivity index (χ0) is 13.7. The number of carbonyl (C=O) groups is 1. The summed E-state index contributed by atoms with van der Waals surface area (Å²) in [6.45, 7) is 5.05. The molecule has 19 heavy (non-hydrogen) atoms. The number of benzene rings is 1. The summed E-state index contributed by atoms with van der Waals surface area (Å²) in [6, 6.07) is 10.2. The molecule has 0 bridgehead atoms. The van der Waals surface area contributed by atoms with Crippen molar-refractivity contribution in [1.29, 1.82) is 0 Å². The lowest BCUT2D eigenvalue weighted by atomic mass is 10.0. The molecule has 0 spiro atoms. The summed E-state index contributed by atoms with van der Waals surface area (Å²) in [4.78, 5) is 14.0. The smallest absolute Gasteiger partial charge is 0.247 e. The van der Waals surface area contributed by atoms with E-state index in [9.17, 15) is 4.79 Å². The van der Waals surface area contributed by atoms with Gasteiger partial charge in [0.05, 0.1) is 0 Å². The predicted octanol–water partition coefficient (Wildman–Crippen LogP) is 1.16. The first kappa shape index (κ1) is 13.6. The Balaban J connectivity index is 1.76. The molecule has 0 atom stereocenters. The molecule has 1 aliphatic rings. The van der Waals surface area contributed by atoms with Crippen LogP contribution in [0.25, 0.3) is 0 Å². The summed E-state index contributed by atoms with van der Waals surface area (Å²) in [5, 5.41) is 6.11. The van der Waals surface area contributed by atoms with Crippen LogP contribution in [0.3, 0.4) is 0 Å². The summed E-state index contributed by atoms with van der Waals surface area (Å²) in [7, 11) is 2.03. The highest BCUT2D eigenvalue weighted by Crippen LogP contribution is 2.10. The highest BCUT2D eigenvalue weighted by molar-refractivity contribution is 5.93. The van der Waals surface area contributed by atoms with Gasteiger partial charge in [-0.05, 0) is 24.6 Å². The van der Waals surface area contributed by atoms with Gasteiger partial charge in [0.1, 0.15) is 0 Å². The SMILES string of the molecule is CC(C(=O)NCCN(C)c1ccccc1)=C1CNC1. The first-order chi connectivity index (χ1) is 9.18. The van der Waals surface area contributed by atoms with Crippen molar-refractivity contribution in [3.8, 4) is 0 Å². The first-order valence-corrected chi connectivity index (χ1v) is 6.62. The molecular weight excluding hydrogens is 238 g/mol. The number of carbonyl (C=O) groups excluding carboxylic acids is 1. The second-order valence-electron chi connectivity index (χ2n) is 4.85. The van der Waals surface area contributed by atoms with Crippen LogP contribution in [0.5, 0.6) is 0 Å². The van der Waals surface area contributed by atoms with Gasteiger partial charge in [0.2, 0.25) is 5.91 Å². The molecule has 1 aliphatic heterocycles. The number of amides is 1. The van der Waals surface area contributed by atoms with Crippen molar-refractivity contribution in [1.82, 2.24) is 10.6 Å². The van der Waals surface area contributed by atoms with Gasteiger partial charge in [-0.2, -0.15) is 0 Å². The van der Waals surface area contributed by atoms with Crippen LogP contribution >= 0.6 is 0 Å².